The van der Waals surface area contributed by atoms with E-state index in [1.54, 1.807) is 5.38 Å². The third kappa shape index (κ3) is 3.53. The van der Waals surface area contributed by atoms with Gasteiger partial charge in [0.1, 0.15) is 5.82 Å². The molecule has 108 valence electrons. The normalized spacial score (nSPS) is 11.5. The van der Waals surface area contributed by atoms with Crippen LogP contribution < -0.4 is 10.0 Å². The number of nitrogens with zero attached hydrogens (tertiary/aromatic N) is 1. The monoisotopic (exact) mass is 315 g/mol. The first kappa shape index (κ1) is 14.9. The summed E-state index contributed by atoms with van der Waals surface area (Å²) in [6.45, 7) is 2.85. The summed E-state index contributed by atoms with van der Waals surface area (Å²) in [5.41, 5.74) is 0.314. The number of rotatable bonds is 6. The van der Waals surface area contributed by atoms with Crippen molar-refractivity contribution < 1.29 is 12.8 Å². The average Bonchev–Trinajstić information content (AvgIpc) is 2.89. The molecule has 8 heteroatoms. The van der Waals surface area contributed by atoms with Gasteiger partial charge in [0.05, 0.1) is 4.90 Å². The van der Waals surface area contributed by atoms with Crippen LogP contribution in [0, 0.1) is 5.82 Å². The molecule has 0 fully saturated rings. The Balaban J connectivity index is 2.27. The molecule has 0 aliphatic rings. The quantitative estimate of drug-likeness (QED) is 0.857. The molecule has 1 aromatic heterocycles. The van der Waals surface area contributed by atoms with E-state index in [-0.39, 0.29) is 16.6 Å². The summed E-state index contributed by atoms with van der Waals surface area (Å²) in [4.78, 5) is 3.87. The predicted octanol–water partition coefficient (Wildman–Crippen LogP) is 2.19. The van der Waals surface area contributed by atoms with Gasteiger partial charge < -0.3 is 5.32 Å². The lowest BCUT2D eigenvalue weighted by atomic mass is 10.2. The third-order valence-electron chi connectivity index (χ3n) is 2.55. The van der Waals surface area contributed by atoms with Gasteiger partial charge in [-0.05, 0) is 24.7 Å². The van der Waals surface area contributed by atoms with E-state index in [2.05, 4.69) is 15.0 Å². The second kappa shape index (κ2) is 6.29. The fourth-order valence-corrected chi connectivity index (χ4v) is 3.40. The molecule has 2 rings (SSSR count). The Bertz CT molecular complexity index is 672. The van der Waals surface area contributed by atoms with E-state index in [1.165, 1.54) is 29.7 Å². The lowest BCUT2D eigenvalue weighted by Gasteiger charge is -2.08. The molecule has 2 aromatic rings. The highest BCUT2D eigenvalue weighted by Crippen LogP contribution is 2.20. The van der Waals surface area contributed by atoms with Gasteiger partial charge in [-0.15, -0.1) is 11.3 Å². The summed E-state index contributed by atoms with van der Waals surface area (Å²) in [5.74, 6) is -0.431. The number of benzene rings is 1. The molecule has 0 saturated carbocycles. The highest BCUT2D eigenvalue weighted by molar-refractivity contribution is 7.93. The summed E-state index contributed by atoms with van der Waals surface area (Å²) < 4.78 is 40.2. The fourth-order valence-electron chi connectivity index (χ4n) is 1.56. The number of hydrogen-bond acceptors (Lipinski definition) is 5. The first-order valence-electron chi connectivity index (χ1n) is 5.94. The molecular formula is C12H14FN3O2S2. The molecule has 0 amide bonds. The van der Waals surface area contributed by atoms with Crippen molar-refractivity contribution in [1.29, 1.82) is 0 Å². The molecular weight excluding hydrogens is 301 g/mol. The minimum Gasteiger partial charge on any atom is -0.313 e. The Hall–Kier alpha value is -1.51. The smallest absolute Gasteiger partial charge is 0.263 e. The maximum atomic E-state index is 13.6. The summed E-state index contributed by atoms with van der Waals surface area (Å²) in [7, 11) is -3.74. The standard InChI is InChI=1S/C12H14FN3O2S2/c1-2-14-8-9-7-10(3-4-11(9)13)20(17,18)16-12-15-5-6-19-12/h3-7,14H,2,8H2,1H3,(H,15,16). The first-order valence-corrected chi connectivity index (χ1v) is 8.30. The van der Waals surface area contributed by atoms with Crippen molar-refractivity contribution in [3.8, 4) is 0 Å². The van der Waals surface area contributed by atoms with E-state index in [9.17, 15) is 12.8 Å². The summed E-state index contributed by atoms with van der Waals surface area (Å²) >= 11 is 1.18. The number of hydrogen-bond donors (Lipinski definition) is 2. The number of sulfonamides is 1. The van der Waals surface area contributed by atoms with Crippen molar-refractivity contribution in [3.05, 3.63) is 41.2 Å². The predicted molar refractivity (Wildman–Crippen MR) is 76.7 cm³/mol. The van der Waals surface area contributed by atoms with Crippen molar-refractivity contribution in [3.63, 3.8) is 0 Å². The minimum absolute atomic E-state index is 0.0157. The van der Waals surface area contributed by atoms with Crippen LogP contribution in [0.4, 0.5) is 9.52 Å². The molecule has 0 bridgehead atoms. The Morgan fingerprint density at radius 1 is 1.40 bits per heavy atom. The van der Waals surface area contributed by atoms with Gasteiger partial charge in [-0.2, -0.15) is 0 Å². The molecule has 0 aliphatic heterocycles. The topological polar surface area (TPSA) is 71.1 Å². The largest absolute Gasteiger partial charge is 0.313 e. The van der Waals surface area contributed by atoms with Crippen molar-refractivity contribution in [2.24, 2.45) is 0 Å². The maximum absolute atomic E-state index is 13.6. The summed E-state index contributed by atoms with van der Waals surface area (Å²) in [6, 6.07) is 3.72. The van der Waals surface area contributed by atoms with Crippen molar-refractivity contribution in [2.45, 2.75) is 18.4 Å². The van der Waals surface area contributed by atoms with Crippen molar-refractivity contribution in [2.75, 3.05) is 11.3 Å². The van der Waals surface area contributed by atoms with Gasteiger partial charge in [0.15, 0.2) is 5.13 Å². The fraction of sp³-hybridized carbons (Fsp3) is 0.250. The molecule has 1 heterocycles. The number of aromatic nitrogens is 1. The van der Waals surface area contributed by atoms with Gasteiger partial charge >= 0.3 is 0 Å². The molecule has 0 atom stereocenters. The molecule has 0 aliphatic carbocycles. The summed E-state index contributed by atoms with van der Waals surface area (Å²) in [5, 5.41) is 4.91. The number of anilines is 1. The van der Waals surface area contributed by atoms with E-state index in [0.717, 1.165) is 6.07 Å². The lowest BCUT2D eigenvalue weighted by Crippen LogP contribution is -2.16. The van der Waals surface area contributed by atoms with Gasteiger partial charge in [-0.1, -0.05) is 6.92 Å². The molecule has 1 aromatic carbocycles. The van der Waals surface area contributed by atoms with Crippen LogP contribution in [0.25, 0.3) is 0 Å². The van der Waals surface area contributed by atoms with Crippen LogP contribution in [0.2, 0.25) is 0 Å². The van der Waals surface area contributed by atoms with E-state index in [1.807, 2.05) is 6.92 Å². The molecule has 2 N–H and O–H groups in total. The van der Waals surface area contributed by atoms with Crippen LogP contribution in [0.1, 0.15) is 12.5 Å². The van der Waals surface area contributed by atoms with Gasteiger partial charge in [-0.25, -0.2) is 17.8 Å². The summed E-state index contributed by atoms with van der Waals surface area (Å²) in [6.07, 6.45) is 1.50. The second-order valence-corrected chi connectivity index (χ2v) is 6.55. The number of nitrogens with one attached hydrogen (secondary N) is 2. The zero-order valence-electron chi connectivity index (χ0n) is 10.8. The van der Waals surface area contributed by atoms with Gasteiger partial charge in [-0.3, -0.25) is 4.72 Å². The van der Waals surface area contributed by atoms with Crippen LogP contribution >= 0.6 is 11.3 Å². The van der Waals surface area contributed by atoms with Crippen LogP contribution in [-0.4, -0.2) is 19.9 Å². The van der Waals surface area contributed by atoms with Crippen molar-refractivity contribution >= 4 is 26.5 Å². The average molecular weight is 315 g/mol. The molecule has 20 heavy (non-hydrogen) atoms. The molecule has 0 radical (unpaired) electrons. The van der Waals surface area contributed by atoms with E-state index in [0.29, 0.717) is 12.1 Å². The maximum Gasteiger partial charge on any atom is 0.263 e. The van der Waals surface area contributed by atoms with Crippen LogP contribution in [0.5, 0.6) is 0 Å². The Labute approximate surface area is 120 Å². The number of thiazole rings is 1. The third-order valence-corrected chi connectivity index (χ3v) is 4.70. The highest BCUT2D eigenvalue weighted by atomic mass is 32.2. The van der Waals surface area contributed by atoms with Gasteiger partial charge in [0.25, 0.3) is 10.0 Å². The molecule has 0 unspecified atom stereocenters. The van der Waals surface area contributed by atoms with Crippen LogP contribution in [0.3, 0.4) is 0 Å². The van der Waals surface area contributed by atoms with Gasteiger partial charge in [0, 0.05) is 23.7 Å². The second-order valence-electron chi connectivity index (χ2n) is 3.98. The number of halogens is 1. The SMILES string of the molecule is CCNCc1cc(S(=O)(=O)Nc2nccs2)ccc1F. The van der Waals surface area contributed by atoms with E-state index < -0.39 is 15.8 Å². The highest BCUT2D eigenvalue weighted by Gasteiger charge is 2.17. The van der Waals surface area contributed by atoms with E-state index in [4.69, 9.17) is 0 Å². The van der Waals surface area contributed by atoms with Gasteiger partial charge in [0.2, 0.25) is 0 Å². The Morgan fingerprint density at radius 3 is 2.85 bits per heavy atom. The lowest BCUT2D eigenvalue weighted by molar-refractivity contribution is 0.587. The van der Waals surface area contributed by atoms with Crippen LogP contribution in [0.15, 0.2) is 34.7 Å². The zero-order valence-corrected chi connectivity index (χ0v) is 12.4. The molecule has 0 spiro atoms. The van der Waals surface area contributed by atoms with Crippen LogP contribution in [-0.2, 0) is 16.6 Å². The van der Waals surface area contributed by atoms with Crippen molar-refractivity contribution in [1.82, 2.24) is 10.3 Å². The minimum atomic E-state index is -3.74. The Morgan fingerprint density at radius 2 is 2.20 bits per heavy atom. The zero-order chi connectivity index (χ0) is 14.6. The Kier molecular flexibility index (Phi) is 4.69. The molecule has 5 nitrogen and oxygen atoms in total. The van der Waals surface area contributed by atoms with E-state index >= 15 is 0 Å². The molecule has 0 saturated heterocycles. The first-order chi connectivity index (χ1) is 9.53.